The molecule has 0 spiro atoms. The van der Waals surface area contributed by atoms with Crippen LogP contribution in [0.1, 0.15) is 44.3 Å². The van der Waals surface area contributed by atoms with E-state index in [1.807, 2.05) is 0 Å². The molecule has 0 radical (unpaired) electrons. The Kier molecular flexibility index (Phi) is 4.41. The summed E-state index contributed by atoms with van der Waals surface area (Å²) in [4.78, 5) is 10.2. The normalized spacial score (nSPS) is 15.5. The minimum Gasteiger partial charge on any atom is -0.306 e. The Morgan fingerprint density at radius 1 is 1.41 bits per heavy atom. The van der Waals surface area contributed by atoms with Crippen molar-refractivity contribution in [2.24, 2.45) is 0 Å². The fourth-order valence-corrected chi connectivity index (χ4v) is 3.70. The van der Waals surface area contributed by atoms with Gasteiger partial charge in [-0.25, -0.2) is 0 Å². The lowest BCUT2D eigenvalue weighted by atomic mass is 10.1. The van der Waals surface area contributed by atoms with Gasteiger partial charge in [0.2, 0.25) is 0 Å². The maximum absolute atomic E-state index is 10.7. The van der Waals surface area contributed by atoms with E-state index in [0.717, 1.165) is 17.5 Å². The van der Waals surface area contributed by atoms with Gasteiger partial charge in [-0.3, -0.25) is 14.8 Å². The summed E-state index contributed by atoms with van der Waals surface area (Å²) < 4.78 is 3.70. The second kappa shape index (κ2) is 6.47. The molecule has 0 N–H and O–H groups in total. The van der Waals surface area contributed by atoms with Crippen molar-refractivity contribution < 1.29 is 4.92 Å². The average Bonchev–Trinajstić information content (AvgIpc) is 3.23. The second-order valence-corrected chi connectivity index (χ2v) is 6.25. The number of nitro groups is 1. The van der Waals surface area contributed by atoms with Crippen molar-refractivity contribution in [1.82, 2.24) is 24.5 Å². The predicted octanol–water partition coefficient (Wildman–Crippen LogP) is 2.81. The van der Waals surface area contributed by atoms with Crippen LogP contribution in [-0.4, -0.2) is 29.5 Å². The molecule has 1 aliphatic carbocycles. The van der Waals surface area contributed by atoms with E-state index in [1.165, 1.54) is 49.8 Å². The van der Waals surface area contributed by atoms with Crippen LogP contribution in [0.15, 0.2) is 17.6 Å². The van der Waals surface area contributed by atoms with E-state index in [0.29, 0.717) is 11.8 Å². The van der Waals surface area contributed by atoms with Crippen LogP contribution in [0.3, 0.4) is 0 Å². The zero-order chi connectivity index (χ0) is 15.5. The Hall–Kier alpha value is -1.90. The summed E-state index contributed by atoms with van der Waals surface area (Å²) in [7, 11) is 0. The van der Waals surface area contributed by atoms with Gasteiger partial charge in [-0.1, -0.05) is 24.6 Å². The first-order valence-corrected chi connectivity index (χ1v) is 8.40. The van der Waals surface area contributed by atoms with E-state index in [2.05, 4.69) is 26.8 Å². The summed E-state index contributed by atoms with van der Waals surface area (Å²) in [6.45, 7) is 2.92. The summed E-state index contributed by atoms with van der Waals surface area (Å²) in [5.41, 5.74) is 0.00389. The van der Waals surface area contributed by atoms with Crippen molar-refractivity contribution in [2.45, 2.75) is 56.1 Å². The number of aromatic nitrogens is 5. The molecule has 0 unspecified atom stereocenters. The van der Waals surface area contributed by atoms with Crippen LogP contribution in [0.5, 0.6) is 0 Å². The molecule has 1 fully saturated rings. The molecular weight excluding hydrogens is 304 g/mol. The van der Waals surface area contributed by atoms with Crippen molar-refractivity contribution in [3.63, 3.8) is 0 Å². The van der Waals surface area contributed by atoms with Gasteiger partial charge in [-0.15, -0.1) is 10.2 Å². The zero-order valence-electron chi connectivity index (χ0n) is 12.4. The largest absolute Gasteiger partial charge is 0.307 e. The second-order valence-electron chi connectivity index (χ2n) is 5.33. The number of rotatable bonds is 6. The molecule has 9 heteroatoms. The Labute approximate surface area is 132 Å². The molecule has 0 amide bonds. The van der Waals surface area contributed by atoms with Crippen LogP contribution in [0.25, 0.3) is 0 Å². The molecule has 8 nitrogen and oxygen atoms in total. The fourth-order valence-electron chi connectivity index (χ4n) is 2.83. The SMILES string of the molecule is CCn1c(SCn2cc([N+](=O)[O-])cn2)nnc1C1CCCC1. The summed E-state index contributed by atoms with van der Waals surface area (Å²) in [5, 5.41) is 24.2. The summed E-state index contributed by atoms with van der Waals surface area (Å²) in [5.74, 6) is 2.08. The quantitative estimate of drug-likeness (QED) is 0.461. The molecule has 2 heterocycles. The van der Waals surface area contributed by atoms with Crippen LogP contribution >= 0.6 is 11.8 Å². The molecule has 0 atom stereocenters. The van der Waals surface area contributed by atoms with Crippen molar-refractivity contribution in [3.05, 3.63) is 28.3 Å². The van der Waals surface area contributed by atoms with Crippen LogP contribution in [0, 0.1) is 10.1 Å². The van der Waals surface area contributed by atoms with Gasteiger partial charge in [-0.05, 0) is 19.8 Å². The maximum Gasteiger partial charge on any atom is 0.307 e. The van der Waals surface area contributed by atoms with Crippen LogP contribution in [0.4, 0.5) is 5.69 Å². The Bertz CT molecular complexity index is 661. The van der Waals surface area contributed by atoms with Gasteiger partial charge in [0.1, 0.15) is 18.2 Å². The third kappa shape index (κ3) is 2.99. The van der Waals surface area contributed by atoms with Gasteiger partial charge in [0.25, 0.3) is 0 Å². The van der Waals surface area contributed by atoms with Gasteiger partial charge in [-0.2, -0.15) is 5.10 Å². The third-order valence-electron chi connectivity index (χ3n) is 3.94. The topological polar surface area (TPSA) is 91.7 Å². The van der Waals surface area contributed by atoms with Gasteiger partial charge < -0.3 is 4.57 Å². The molecule has 0 bridgehead atoms. The molecule has 0 aliphatic heterocycles. The standard InChI is InChI=1S/C13H18N6O2S/c1-2-18-12(10-5-3-4-6-10)15-16-13(18)22-9-17-8-11(7-14-17)19(20)21/h7-8,10H,2-6,9H2,1H3. The molecule has 0 aromatic carbocycles. The van der Waals surface area contributed by atoms with Gasteiger partial charge in [0, 0.05) is 12.5 Å². The Balaban J connectivity index is 1.70. The Morgan fingerprint density at radius 3 is 2.82 bits per heavy atom. The number of thioether (sulfide) groups is 1. The lowest BCUT2D eigenvalue weighted by Crippen LogP contribution is -2.07. The van der Waals surface area contributed by atoms with E-state index in [9.17, 15) is 10.1 Å². The van der Waals surface area contributed by atoms with E-state index in [4.69, 9.17) is 0 Å². The smallest absolute Gasteiger partial charge is 0.306 e. The van der Waals surface area contributed by atoms with Crippen LogP contribution < -0.4 is 0 Å². The van der Waals surface area contributed by atoms with Gasteiger partial charge in [0.15, 0.2) is 5.16 Å². The summed E-state index contributed by atoms with van der Waals surface area (Å²) in [6, 6.07) is 0. The molecule has 3 rings (SSSR count). The minimum absolute atomic E-state index is 0.00389. The average molecular weight is 322 g/mol. The maximum atomic E-state index is 10.7. The molecule has 1 saturated carbocycles. The van der Waals surface area contributed by atoms with E-state index >= 15 is 0 Å². The zero-order valence-corrected chi connectivity index (χ0v) is 13.2. The molecule has 22 heavy (non-hydrogen) atoms. The fraction of sp³-hybridized carbons (Fsp3) is 0.615. The predicted molar refractivity (Wildman–Crippen MR) is 81.6 cm³/mol. The molecule has 118 valence electrons. The highest BCUT2D eigenvalue weighted by molar-refractivity contribution is 7.98. The van der Waals surface area contributed by atoms with Gasteiger partial charge >= 0.3 is 5.69 Å². The van der Waals surface area contributed by atoms with E-state index in [-0.39, 0.29) is 5.69 Å². The Morgan fingerprint density at radius 2 is 2.18 bits per heavy atom. The van der Waals surface area contributed by atoms with E-state index in [1.54, 1.807) is 4.68 Å². The van der Waals surface area contributed by atoms with E-state index < -0.39 is 4.92 Å². The van der Waals surface area contributed by atoms with Crippen molar-refractivity contribution in [2.75, 3.05) is 0 Å². The number of hydrogen-bond donors (Lipinski definition) is 0. The van der Waals surface area contributed by atoms with Crippen molar-refractivity contribution in [1.29, 1.82) is 0 Å². The molecule has 2 aromatic heterocycles. The minimum atomic E-state index is -0.444. The molecule has 0 saturated heterocycles. The lowest BCUT2D eigenvalue weighted by Gasteiger charge is -2.11. The first kappa shape index (κ1) is 15.0. The number of hydrogen-bond acceptors (Lipinski definition) is 6. The molecule has 2 aromatic rings. The highest BCUT2D eigenvalue weighted by Crippen LogP contribution is 2.34. The van der Waals surface area contributed by atoms with Crippen LogP contribution in [-0.2, 0) is 12.4 Å². The summed E-state index contributed by atoms with van der Waals surface area (Å²) >= 11 is 1.50. The number of nitrogens with zero attached hydrogens (tertiary/aromatic N) is 6. The lowest BCUT2D eigenvalue weighted by molar-refractivity contribution is -0.385. The highest BCUT2D eigenvalue weighted by Gasteiger charge is 2.24. The van der Waals surface area contributed by atoms with Crippen LogP contribution in [0.2, 0.25) is 0 Å². The van der Waals surface area contributed by atoms with Gasteiger partial charge in [0.05, 0.1) is 10.8 Å². The third-order valence-corrected chi connectivity index (χ3v) is 4.89. The highest BCUT2D eigenvalue weighted by atomic mass is 32.2. The molecular formula is C13H18N6O2S. The first-order chi connectivity index (χ1) is 10.7. The van der Waals surface area contributed by atoms with Crippen molar-refractivity contribution in [3.8, 4) is 0 Å². The summed E-state index contributed by atoms with van der Waals surface area (Å²) in [6.07, 6.45) is 7.59. The van der Waals surface area contributed by atoms with Crippen molar-refractivity contribution >= 4 is 17.4 Å². The monoisotopic (exact) mass is 322 g/mol. The first-order valence-electron chi connectivity index (χ1n) is 7.41. The molecule has 1 aliphatic rings.